The summed E-state index contributed by atoms with van der Waals surface area (Å²) in [6.45, 7) is 6.40. The van der Waals surface area contributed by atoms with Gasteiger partial charge in [0.25, 0.3) is 0 Å². The van der Waals surface area contributed by atoms with Gasteiger partial charge in [-0.05, 0) is 55.1 Å². The summed E-state index contributed by atoms with van der Waals surface area (Å²) in [5, 5.41) is 0. The predicted molar refractivity (Wildman–Crippen MR) is 103 cm³/mol. The molecule has 0 aliphatic carbocycles. The molecule has 0 N–H and O–H groups in total. The average Bonchev–Trinajstić information content (AvgIpc) is 3.33. The van der Waals surface area contributed by atoms with E-state index in [2.05, 4.69) is 49.7 Å². The highest BCUT2D eigenvalue weighted by Gasteiger charge is 2.25. The molecule has 1 aliphatic rings. The second-order valence-corrected chi connectivity index (χ2v) is 6.97. The molecule has 0 amide bonds. The molecule has 4 rings (SSSR count). The number of hydrogen-bond acceptors (Lipinski definition) is 4. The number of aromatic nitrogens is 4. The summed E-state index contributed by atoms with van der Waals surface area (Å²) >= 11 is 0. The largest absolute Gasteiger partial charge is 0.334 e. The standard InChI is InChI=1S/C21H25N5/c1-2-11-26-13-10-24-21(26)16-25-12-6-19(15-25)18-5-9-23-20(14-18)17-3-7-22-8-4-17/h3-5,7-10,13-14,19H,2,6,11-12,15-16H2,1H3/t19-/m0/s1. The molecule has 4 heterocycles. The van der Waals surface area contributed by atoms with Gasteiger partial charge in [-0.3, -0.25) is 14.9 Å². The molecule has 3 aromatic rings. The van der Waals surface area contributed by atoms with Crippen LogP contribution >= 0.6 is 0 Å². The van der Waals surface area contributed by atoms with E-state index in [1.807, 2.05) is 36.9 Å². The Morgan fingerprint density at radius 1 is 1.08 bits per heavy atom. The zero-order valence-corrected chi connectivity index (χ0v) is 15.3. The third kappa shape index (κ3) is 3.68. The summed E-state index contributed by atoms with van der Waals surface area (Å²) in [6, 6.07) is 8.43. The number of hydrogen-bond donors (Lipinski definition) is 0. The first-order valence-corrected chi connectivity index (χ1v) is 9.42. The van der Waals surface area contributed by atoms with Gasteiger partial charge >= 0.3 is 0 Å². The van der Waals surface area contributed by atoms with Gasteiger partial charge in [-0.15, -0.1) is 0 Å². The molecule has 1 aliphatic heterocycles. The van der Waals surface area contributed by atoms with Crippen molar-refractivity contribution in [3.63, 3.8) is 0 Å². The SMILES string of the molecule is CCCn1ccnc1CN1CC[C@H](c2ccnc(-c3ccncc3)c2)C1. The molecule has 5 heteroatoms. The number of nitrogens with zero attached hydrogens (tertiary/aromatic N) is 5. The molecule has 134 valence electrons. The van der Waals surface area contributed by atoms with Crippen molar-refractivity contribution in [2.24, 2.45) is 0 Å². The van der Waals surface area contributed by atoms with Crippen LogP contribution in [0.15, 0.2) is 55.2 Å². The monoisotopic (exact) mass is 347 g/mol. The maximum absolute atomic E-state index is 4.56. The number of rotatable bonds is 6. The van der Waals surface area contributed by atoms with Crippen molar-refractivity contribution in [3.05, 3.63) is 66.6 Å². The maximum Gasteiger partial charge on any atom is 0.122 e. The van der Waals surface area contributed by atoms with E-state index in [9.17, 15) is 0 Å². The van der Waals surface area contributed by atoms with Crippen LogP contribution in [0, 0.1) is 0 Å². The number of imidazole rings is 1. The minimum atomic E-state index is 0.563. The first-order chi connectivity index (χ1) is 12.8. The van der Waals surface area contributed by atoms with Gasteiger partial charge in [-0.25, -0.2) is 4.98 Å². The van der Waals surface area contributed by atoms with Crippen LogP contribution in [0.3, 0.4) is 0 Å². The fraction of sp³-hybridized carbons (Fsp3) is 0.381. The Morgan fingerprint density at radius 3 is 2.81 bits per heavy atom. The zero-order valence-electron chi connectivity index (χ0n) is 15.3. The van der Waals surface area contributed by atoms with Crippen molar-refractivity contribution in [3.8, 4) is 11.3 Å². The number of aryl methyl sites for hydroxylation is 1. The number of likely N-dealkylation sites (tertiary alicyclic amines) is 1. The molecule has 5 nitrogen and oxygen atoms in total. The lowest BCUT2D eigenvalue weighted by Gasteiger charge is -2.17. The van der Waals surface area contributed by atoms with Crippen molar-refractivity contribution in [2.45, 2.75) is 38.8 Å². The van der Waals surface area contributed by atoms with Crippen LogP contribution in [0.2, 0.25) is 0 Å². The van der Waals surface area contributed by atoms with Crippen LogP contribution < -0.4 is 0 Å². The lowest BCUT2D eigenvalue weighted by molar-refractivity contribution is 0.312. The van der Waals surface area contributed by atoms with Gasteiger partial charge in [0.1, 0.15) is 5.82 Å². The first-order valence-electron chi connectivity index (χ1n) is 9.42. The predicted octanol–water partition coefficient (Wildman–Crippen LogP) is 3.74. The molecule has 0 radical (unpaired) electrons. The van der Waals surface area contributed by atoms with E-state index < -0.39 is 0 Å². The highest BCUT2D eigenvalue weighted by atomic mass is 15.2. The highest BCUT2D eigenvalue weighted by molar-refractivity contribution is 5.59. The Kier molecular flexibility index (Phi) is 5.07. The van der Waals surface area contributed by atoms with E-state index in [4.69, 9.17) is 0 Å². The molecule has 0 bridgehead atoms. The first kappa shape index (κ1) is 16.9. The molecule has 0 unspecified atom stereocenters. The van der Waals surface area contributed by atoms with E-state index in [0.29, 0.717) is 5.92 Å². The van der Waals surface area contributed by atoms with Crippen molar-refractivity contribution in [1.82, 2.24) is 24.4 Å². The Hall–Kier alpha value is -2.53. The van der Waals surface area contributed by atoms with Crippen molar-refractivity contribution >= 4 is 0 Å². The minimum absolute atomic E-state index is 0.563. The van der Waals surface area contributed by atoms with Crippen LogP contribution in [0.25, 0.3) is 11.3 Å². The molecular weight excluding hydrogens is 322 g/mol. The Morgan fingerprint density at radius 2 is 1.96 bits per heavy atom. The van der Waals surface area contributed by atoms with Crippen LogP contribution in [-0.2, 0) is 13.1 Å². The Labute approximate surface area is 154 Å². The van der Waals surface area contributed by atoms with E-state index in [1.165, 1.54) is 17.8 Å². The molecule has 1 saturated heterocycles. The molecule has 1 atom stereocenters. The van der Waals surface area contributed by atoms with Crippen LogP contribution in [0.5, 0.6) is 0 Å². The fourth-order valence-corrected chi connectivity index (χ4v) is 3.77. The quantitative estimate of drug-likeness (QED) is 0.681. The Balaban J connectivity index is 1.45. The molecule has 0 saturated carbocycles. The summed E-state index contributed by atoms with van der Waals surface area (Å²) in [5.41, 5.74) is 3.53. The van der Waals surface area contributed by atoms with E-state index in [0.717, 1.165) is 43.9 Å². The summed E-state index contributed by atoms with van der Waals surface area (Å²) in [7, 11) is 0. The van der Waals surface area contributed by atoms with Crippen LogP contribution in [0.1, 0.15) is 37.1 Å². The topological polar surface area (TPSA) is 46.8 Å². The van der Waals surface area contributed by atoms with Gasteiger partial charge in [-0.1, -0.05) is 6.92 Å². The van der Waals surface area contributed by atoms with E-state index in [-0.39, 0.29) is 0 Å². The fourth-order valence-electron chi connectivity index (χ4n) is 3.77. The molecular formula is C21H25N5. The summed E-state index contributed by atoms with van der Waals surface area (Å²) in [5.74, 6) is 1.74. The van der Waals surface area contributed by atoms with Crippen molar-refractivity contribution in [2.75, 3.05) is 13.1 Å². The van der Waals surface area contributed by atoms with E-state index in [1.54, 1.807) is 0 Å². The normalized spacial score (nSPS) is 17.7. The second kappa shape index (κ2) is 7.79. The van der Waals surface area contributed by atoms with E-state index >= 15 is 0 Å². The van der Waals surface area contributed by atoms with Crippen LogP contribution in [0.4, 0.5) is 0 Å². The molecule has 1 fully saturated rings. The third-order valence-corrected chi connectivity index (χ3v) is 5.14. The lowest BCUT2D eigenvalue weighted by Crippen LogP contribution is -2.22. The zero-order chi connectivity index (χ0) is 17.8. The van der Waals surface area contributed by atoms with Gasteiger partial charge < -0.3 is 4.57 Å². The summed E-state index contributed by atoms with van der Waals surface area (Å²) in [4.78, 5) is 15.7. The Bertz CT molecular complexity index is 842. The second-order valence-electron chi connectivity index (χ2n) is 6.97. The molecule has 3 aromatic heterocycles. The van der Waals surface area contributed by atoms with Gasteiger partial charge in [0.05, 0.1) is 12.2 Å². The van der Waals surface area contributed by atoms with Crippen LogP contribution in [-0.4, -0.2) is 37.5 Å². The molecule has 0 spiro atoms. The summed E-state index contributed by atoms with van der Waals surface area (Å²) in [6.07, 6.45) is 11.9. The van der Waals surface area contributed by atoms with Crippen molar-refractivity contribution in [1.29, 1.82) is 0 Å². The highest BCUT2D eigenvalue weighted by Crippen LogP contribution is 2.30. The third-order valence-electron chi connectivity index (χ3n) is 5.14. The summed E-state index contributed by atoms with van der Waals surface area (Å²) < 4.78 is 2.28. The van der Waals surface area contributed by atoms with Gasteiger partial charge in [0.15, 0.2) is 0 Å². The van der Waals surface area contributed by atoms with Gasteiger partial charge in [0, 0.05) is 49.6 Å². The smallest absolute Gasteiger partial charge is 0.122 e. The van der Waals surface area contributed by atoms with Gasteiger partial charge in [0.2, 0.25) is 0 Å². The minimum Gasteiger partial charge on any atom is -0.334 e. The maximum atomic E-state index is 4.56. The molecule has 26 heavy (non-hydrogen) atoms. The average molecular weight is 347 g/mol. The molecule has 0 aromatic carbocycles. The van der Waals surface area contributed by atoms with Crippen molar-refractivity contribution < 1.29 is 0 Å². The lowest BCUT2D eigenvalue weighted by atomic mass is 9.98. The number of pyridine rings is 2. The van der Waals surface area contributed by atoms with Gasteiger partial charge in [-0.2, -0.15) is 0 Å².